The largest absolute Gasteiger partial charge is 0.396 e. The van der Waals surface area contributed by atoms with Gasteiger partial charge in [0, 0.05) is 30.6 Å². The molecule has 19 heavy (non-hydrogen) atoms. The van der Waals surface area contributed by atoms with Gasteiger partial charge in [-0.25, -0.2) is 0 Å². The summed E-state index contributed by atoms with van der Waals surface area (Å²) in [6.07, 6.45) is 1.12. The standard InChI is InChI=1S/C11H12FN3O3S/c1-7(6-13)11(14-2)9-4-3-8(15(16)17)5-10(9)18-19-12/h3-6,13-14H,1-2H3/b11-7-,13-6?. The smallest absolute Gasteiger partial charge is 0.273 e. The van der Waals surface area contributed by atoms with Crippen LogP contribution in [0.4, 0.5) is 9.57 Å². The highest BCUT2D eigenvalue weighted by Crippen LogP contribution is 2.32. The maximum atomic E-state index is 12.3. The Morgan fingerprint density at radius 1 is 1.63 bits per heavy atom. The number of non-ortho nitro benzene ring substituents is 1. The summed E-state index contributed by atoms with van der Waals surface area (Å²) in [6, 6.07) is 3.87. The summed E-state index contributed by atoms with van der Waals surface area (Å²) in [5.41, 5.74) is 1.37. The van der Waals surface area contributed by atoms with Gasteiger partial charge in [0.2, 0.25) is 0 Å². The molecule has 0 fully saturated rings. The van der Waals surface area contributed by atoms with Crippen LogP contribution in [0, 0.1) is 15.5 Å². The molecule has 0 heterocycles. The first-order valence-electron chi connectivity index (χ1n) is 5.18. The van der Waals surface area contributed by atoms with E-state index in [0.29, 0.717) is 16.8 Å². The van der Waals surface area contributed by atoms with Gasteiger partial charge in [0.25, 0.3) is 18.1 Å². The van der Waals surface area contributed by atoms with E-state index in [1.165, 1.54) is 12.1 Å². The monoisotopic (exact) mass is 285 g/mol. The Morgan fingerprint density at radius 3 is 2.79 bits per heavy atom. The maximum absolute atomic E-state index is 12.3. The molecule has 0 aliphatic heterocycles. The number of rotatable bonds is 6. The number of halogens is 1. The Balaban J connectivity index is 3.41. The third-order valence-electron chi connectivity index (χ3n) is 2.43. The molecule has 0 unspecified atom stereocenters. The van der Waals surface area contributed by atoms with Crippen molar-refractivity contribution in [2.75, 3.05) is 7.05 Å². The van der Waals surface area contributed by atoms with Crippen LogP contribution in [0.3, 0.4) is 0 Å². The van der Waals surface area contributed by atoms with Gasteiger partial charge in [-0.2, -0.15) is 0 Å². The van der Waals surface area contributed by atoms with E-state index in [2.05, 4.69) is 5.32 Å². The number of nitrogens with one attached hydrogen (secondary N) is 2. The van der Waals surface area contributed by atoms with Crippen LogP contribution in [0.15, 0.2) is 23.8 Å². The van der Waals surface area contributed by atoms with Gasteiger partial charge in [-0.1, -0.05) is 0 Å². The number of hydrogen-bond acceptors (Lipinski definition) is 6. The second kappa shape index (κ2) is 6.74. The molecule has 0 saturated heterocycles. The highest BCUT2D eigenvalue weighted by atomic mass is 32.2. The second-order valence-corrected chi connectivity index (χ2v) is 3.83. The Kier molecular flexibility index (Phi) is 5.31. The molecule has 1 aromatic carbocycles. The molecule has 0 atom stereocenters. The van der Waals surface area contributed by atoms with Gasteiger partial charge < -0.3 is 14.9 Å². The molecule has 0 amide bonds. The van der Waals surface area contributed by atoms with Gasteiger partial charge in [0.1, 0.15) is 0 Å². The minimum Gasteiger partial charge on any atom is -0.396 e. The molecule has 0 aliphatic rings. The first-order chi connectivity index (χ1) is 9.04. The predicted molar refractivity (Wildman–Crippen MR) is 72.9 cm³/mol. The lowest BCUT2D eigenvalue weighted by atomic mass is 10.1. The van der Waals surface area contributed by atoms with Crippen molar-refractivity contribution in [3.63, 3.8) is 0 Å². The lowest BCUT2D eigenvalue weighted by Gasteiger charge is -2.12. The fourth-order valence-electron chi connectivity index (χ4n) is 1.55. The zero-order chi connectivity index (χ0) is 14.4. The minimum atomic E-state index is -0.591. The van der Waals surface area contributed by atoms with Gasteiger partial charge >= 0.3 is 0 Å². The van der Waals surface area contributed by atoms with Crippen LogP contribution in [-0.2, 0) is 0 Å². The fourth-order valence-corrected chi connectivity index (χ4v) is 1.76. The van der Waals surface area contributed by atoms with Crippen molar-refractivity contribution >= 4 is 30.0 Å². The van der Waals surface area contributed by atoms with Gasteiger partial charge in [-0.05, 0) is 18.6 Å². The Hall–Kier alpha value is -2.09. The summed E-state index contributed by atoms with van der Waals surface area (Å²) in [4.78, 5) is 10.1. The average molecular weight is 285 g/mol. The normalized spacial score (nSPS) is 11.5. The third-order valence-corrected chi connectivity index (χ3v) is 2.67. The molecule has 1 aromatic rings. The van der Waals surface area contributed by atoms with Crippen LogP contribution in [0.2, 0.25) is 0 Å². The van der Waals surface area contributed by atoms with E-state index in [-0.39, 0.29) is 11.4 Å². The van der Waals surface area contributed by atoms with E-state index in [0.717, 1.165) is 12.3 Å². The molecule has 102 valence electrons. The van der Waals surface area contributed by atoms with Gasteiger partial charge in [0.05, 0.1) is 11.0 Å². The summed E-state index contributed by atoms with van der Waals surface area (Å²) in [5, 5.41) is 20.8. The van der Waals surface area contributed by atoms with Crippen LogP contribution in [0.25, 0.3) is 5.70 Å². The van der Waals surface area contributed by atoms with Crippen molar-refractivity contribution in [1.82, 2.24) is 5.32 Å². The SMILES string of the molecule is CN/C(=C(/C)C=N)c1ccc([N+](=O)[O-])cc1OSF. The summed E-state index contributed by atoms with van der Waals surface area (Å²) < 4.78 is 17.0. The predicted octanol–water partition coefficient (Wildman–Crippen LogP) is 3.11. The van der Waals surface area contributed by atoms with Crippen LogP contribution < -0.4 is 9.50 Å². The molecule has 0 aromatic heterocycles. The summed E-state index contributed by atoms with van der Waals surface area (Å²) >= 11 is -0.394. The molecule has 0 aliphatic carbocycles. The van der Waals surface area contributed by atoms with Crippen molar-refractivity contribution in [3.05, 3.63) is 39.4 Å². The molecule has 2 N–H and O–H groups in total. The van der Waals surface area contributed by atoms with Crippen LogP contribution >= 0.6 is 12.4 Å². The van der Waals surface area contributed by atoms with E-state index in [1.807, 2.05) is 0 Å². The molecule has 0 bridgehead atoms. The van der Waals surface area contributed by atoms with Crippen molar-refractivity contribution < 1.29 is 13.0 Å². The highest BCUT2D eigenvalue weighted by molar-refractivity contribution is 7.89. The van der Waals surface area contributed by atoms with E-state index >= 15 is 0 Å². The summed E-state index contributed by atoms with van der Waals surface area (Å²) in [6.45, 7) is 1.69. The molecule has 8 heteroatoms. The van der Waals surface area contributed by atoms with Gasteiger partial charge in [0.15, 0.2) is 5.75 Å². The minimum absolute atomic E-state index is 0.0206. The van der Waals surface area contributed by atoms with E-state index in [4.69, 9.17) is 9.59 Å². The van der Waals surface area contributed by atoms with Crippen LogP contribution in [0.1, 0.15) is 12.5 Å². The highest BCUT2D eigenvalue weighted by Gasteiger charge is 2.16. The second-order valence-electron chi connectivity index (χ2n) is 3.54. The zero-order valence-electron chi connectivity index (χ0n) is 10.3. The Morgan fingerprint density at radius 2 is 2.32 bits per heavy atom. The van der Waals surface area contributed by atoms with E-state index in [1.54, 1.807) is 14.0 Å². The third kappa shape index (κ3) is 3.44. The van der Waals surface area contributed by atoms with Crippen molar-refractivity contribution in [3.8, 4) is 5.75 Å². The zero-order valence-corrected chi connectivity index (χ0v) is 11.1. The molecule has 0 spiro atoms. The van der Waals surface area contributed by atoms with Gasteiger partial charge in [-0.3, -0.25) is 10.1 Å². The number of nitrogens with zero attached hydrogens (tertiary/aromatic N) is 1. The molecular formula is C11H12FN3O3S. The first-order valence-corrected chi connectivity index (χ1v) is 5.82. The number of allylic oxidation sites excluding steroid dienone is 1. The number of nitro benzene ring substituents is 1. The summed E-state index contributed by atoms with van der Waals surface area (Å²) in [7, 11) is 1.64. The topological polar surface area (TPSA) is 88.2 Å². The Labute approximate surface area is 113 Å². The first kappa shape index (κ1) is 15.0. The molecule has 0 radical (unpaired) electrons. The van der Waals surface area contributed by atoms with Crippen molar-refractivity contribution in [2.24, 2.45) is 0 Å². The molecule has 6 nitrogen and oxygen atoms in total. The number of benzene rings is 1. The van der Waals surface area contributed by atoms with E-state index in [9.17, 15) is 14.0 Å². The van der Waals surface area contributed by atoms with Gasteiger partial charge in [-0.15, -0.1) is 3.89 Å². The molecular weight excluding hydrogens is 273 g/mol. The quantitative estimate of drug-likeness (QED) is 0.363. The van der Waals surface area contributed by atoms with Crippen molar-refractivity contribution in [1.29, 1.82) is 5.41 Å². The summed E-state index contributed by atoms with van der Waals surface area (Å²) in [5.74, 6) is 0.0206. The lowest BCUT2D eigenvalue weighted by Crippen LogP contribution is -2.09. The van der Waals surface area contributed by atoms with Crippen LogP contribution in [-0.4, -0.2) is 18.2 Å². The van der Waals surface area contributed by atoms with E-state index < -0.39 is 17.4 Å². The molecule has 1 rings (SSSR count). The molecule has 0 saturated carbocycles. The number of nitro groups is 1. The van der Waals surface area contributed by atoms with Crippen LogP contribution in [0.5, 0.6) is 5.75 Å². The van der Waals surface area contributed by atoms with Crippen molar-refractivity contribution in [2.45, 2.75) is 6.92 Å². The Bertz CT molecular complexity index is 534. The average Bonchev–Trinajstić information content (AvgIpc) is 2.40. The lowest BCUT2D eigenvalue weighted by molar-refractivity contribution is -0.384. The fraction of sp³-hybridized carbons (Fsp3) is 0.182. The maximum Gasteiger partial charge on any atom is 0.273 e. The number of hydrogen-bond donors (Lipinski definition) is 2.